The Morgan fingerprint density at radius 3 is 1.34 bits per heavy atom. The van der Waals surface area contributed by atoms with Gasteiger partial charge in [0.15, 0.2) is 0 Å². The van der Waals surface area contributed by atoms with Crippen molar-refractivity contribution >= 4 is 38.6 Å². The van der Waals surface area contributed by atoms with Crippen LogP contribution in [0.25, 0.3) is 77.2 Å². The maximum atomic E-state index is 6.45. The summed E-state index contributed by atoms with van der Waals surface area (Å²) >= 11 is 0. The lowest BCUT2D eigenvalue weighted by molar-refractivity contribution is 0.418. The van der Waals surface area contributed by atoms with Crippen molar-refractivity contribution < 1.29 is 4.74 Å². The molecule has 0 bridgehead atoms. The SMILES string of the molecule is CC1(C)c2ccccc2Oc2ccc(-c3ccc(N(c4ccc(-c5ccc6c(c5)C(c5ccccc5)(c5ccccc5)c5cc(-c7cccc8ccccc78)ccc5-6)cc4)c4ccc(-c5ccc6ccccc6c5)cc4)cc3)cc21. The molecule has 80 heavy (non-hydrogen) atoms. The van der Waals surface area contributed by atoms with Gasteiger partial charge in [0.2, 0.25) is 0 Å². The van der Waals surface area contributed by atoms with Crippen molar-refractivity contribution in [1.82, 2.24) is 0 Å². The first-order valence-electron chi connectivity index (χ1n) is 27.8. The lowest BCUT2D eigenvalue weighted by Crippen LogP contribution is -2.28. The van der Waals surface area contributed by atoms with E-state index in [1.807, 2.05) is 6.07 Å². The summed E-state index contributed by atoms with van der Waals surface area (Å²) in [7, 11) is 0. The molecule has 0 saturated heterocycles. The maximum absolute atomic E-state index is 6.45. The summed E-state index contributed by atoms with van der Waals surface area (Å²) < 4.78 is 6.45. The molecule has 15 rings (SSSR count). The first-order valence-corrected chi connectivity index (χ1v) is 27.8. The average Bonchev–Trinajstić information content (AvgIpc) is 3.87. The Bertz CT molecular complexity index is 4450. The molecule has 0 atom stereocenters. The minimum absolute atomic E-state index is 0.206. The summed E-state index contributed by atoms with van der Waals surface area (Å²) in [6, 6.07) is 110. The molecule has 0 saturated carbocycles. The van der Waals surface area contributed by atoms with Gasteiger partial charge in [-0.1, -0.05) is 238 Å². The molecular weight excluding hydrogens is 967 g/mol. The Morgan fingerprint density at radius 1 is 0.275 bits per heavy atom. The topological polar surface area (TPSA) is 12.5 Å². The Morgan fingerprint density at radius 2 is 0.713 bits per heavy atom. The lowest BCUT2D eigenvalue weighted by atomic mass is 9.67. The van der Waals surface area contributed by atoms with Gasteiger partial charge in [0.1, 0.15) is 11.5 Å². The summed E-state index contributed by atoms with van der Waals surface area (Å²) in [6.45, 7) is 4.59. The monoisotopic (exact) mass is 1020 g/mol. The molecule has 0 spiro atoms. The molecule has 378 valence electrons. The van der Waals surface area contributed by atoms with E-state index >= 15 is 0 Å². The molecule has 13 aromatic rings. The molecule has 0 fully saturated rings. The standard InChI is InChI=1S/C78H55NO/c1-77(2)71-26-13-14-27-75(71)80-76-47-38-60(50-74(76)77)55-34-43-66(44-35-55)79(64-39-30-53(31-40-64)58-29-28-52-16-9-10-18-57(52)48-58)65-41-32-54(33-42-65)59-36-45-69-70-46-37-61(68-25-15-19-56-17-11-12-24-67(56)68)51-73(70)78(72(69)49-59,62-20-5-3-6-21-62)63-22-7-4-8-23-63/h3-51H,1-2H3. The molecule has 2 heteroatoms. The number of fused-ring (bicyclic) bond motifs is 7. The number of hydrogen-bond acceptors (Lipinski definition) is 2. The van der Waals surface area contributed by atoms with Gasteiger partial charge in [-0.05, 0) is 172 Å². The van der Waals surface area contributed by atoms with E-state index in [2.05, 4.69) is 310 Å². The van der Waals surface area contributed by atoms with Gasteiger partial charge < -0.3 is 9.64 Å². The van der Waals surface area contributed by atoms with Crippen LogP contribution >= 0.6 is 0 Å². The van der Waals surface area contributed by atoms with E-state index in [0.29, 0.717) is 0 Å². The van der Waals surface area contributed by atoms with Crippen molar-refractivity contribution in [2.75, 3.05) is 4.90 Å². The largest absolute Gasteiger partial charge is 0.457 e. The van der Waals surface area contributed by atoms with E-state index in [1.165, 1.54) is 93.9 Å². The highest BCUT2D eigenvalue weighted by molar-refractivity contribution is 5.99. The van der Waals surface area contributed by atoms with Crippen molar-refractivity contribution in [3.63, 3.8) is 0 Å². The molecule has 1 aliphatic carbocycles. The predicted octanol–water partition coefficient (Wildman–Crippen LogP) is 20.9. The van der Waals surface area contributed by atoms with Crippen molar-refractivity contribution in [2.45, 2.75) is 24.7 Å². The Balaban J connectivity index is 0.824. The molecular formula is C78H55NO. The van der Waals surface area contributed by atoms with Gasteiger partial charge in [-0.2, -0.15) is 0 Å². The number of anilines is 3. The van der Waals surface area contributed by atoms with Crippen LogP contribution in [0.2, 0.25) is 0 Å². The summed E-state index contributed by atoms with van der Waals surface area (Å²) in [4.78, 5) is 2.38. The quantitative estimate of drug-likeness (QED) is 0.143. The first kappa shape index (κ1) is 47.2. The van der Waals surface area contributed by atoms with E-state index < -0.39 is 5.41 Å². The molecule has 0 unspecified atom stereocenters. The molecule has 13 aromatic carbocycles. The molecule has 1 heterocycles. The Labute approximate surface area is 468 Å². The number of ether oxygens (including phenoxy) is 1. The molecule has 2 aliphatic rings. The molecule has 1 aliphatic heterocycles. The number of rotatable bonds is 9. The number of benzene rings is 13. The van der Waals surface area contributed by atoms with Crippen LogP contribution in [-0.4, -0.2) is 0 Å². The first-order chi connectivity index (χ1) is 39.4. The highest BCUT2D eigenvalue weighted by Gasteiger charge is 2.46. The van der Waals surface area contributed by atoms with Crippen molar-refractivity contribution in [3.05, 3.63) is 331 Å². The lowest BCUT2D eigenvalue weighted by Gasteiger charge is -2.34. The van der Waals surface area contributed by atoms with Gasteiger partial charge in [-0.15, -0.1) is 0 Å². The zero-order chi connectivity index (χ0) is 53.4. The van der Waals surface area contributed by atoms with Gasteiger partial charge in [0, 0.05) is 33.6 Å². The second-order valence-electron chi connectivity index (χ2n) is 22.0. The summed E-state index contributed by atoms with van der Waals surface area (Å²) in [5.41, 5.74) is 21.9. The molecule has 0 radical (unpaired) electrons. The van der Waals surface area contributed by atoms with Crippen molar-refractivity contribution in [3.8, 4) is 67.1 Å². The predicted molar refractivity (Wildman–Crippen MR) is 334 cm³/mol. The van der Waals surface area contributed by atoms with Gasteiger partial charge in [-0.3, -0.25) is 0 Å². The van der Waals surface area contributed by atoms with Gasteiger partial charge in [-0.25, -0.2) is 0 Å². The van der Waals surface area contributed by atoms with Crippen LogP contribution in [0.3, 0.4) is 0 Å². The minimum Gasteiger partial charge on any atom is -0.457 e. The number of hydrogen-bond donors (Lipinski definition) is 0. The zero-order valence-electron chi connectivity index (χ0n) is 44.6. The summed E-state index contributed by atoms with van der Waals surface area (Å²) in [5, 5.41) is 4.98. The third kappa shape index (κ3) is 7.70. The highest BCUT2D eigenvalue weighted by Crippen LogP contribution is 2.58. The third-order valence-corrected chi connectivity index (χ3v) is 17.2. The Kier molecular flexibility index (Phi) is 11.1. The summed E-state index contributed by atoms with van der Waals surface area (Å²) in [5.74, 6) is 1.85. The van der Waals surface area contributed by atoms with Gasteiger partial charge in [0.25, 0.3) is 0 Å². The smallest absolute Gasteiger partial charge is 0.131 e. The minimum atomic E-state index is -0.569. The van der Waals surface area contributed by atoms with E-state index in [4.69, 9.17) is 4.74 Å². The maximum Gasteiger partial charge on any atom is 0.131 e. The van der Waals surface area contributed by atoms with Gasteiger partial charge >= 0.3 is 0 Å². The van der Waals surface area contributed by atoms with Crippen LogP contribution in [0.5, 0.6) is 11.5 Å². The van der Waals surface area contributed by atoms with Crippen LogP contribution in [0.4, 0.5) is 17.1 Å². The fourth-order valence-corrected chi connectivity index (χ4v) is 13.2. The van der Waals surface area contributed by atoms with Crippen molar-refractivity contribution in [1.29, 1.82) is 0 Å². The van der Waals surface area contributed by atoms with E-state index in [0.717, 1.165) is 45.3 Å². The number of nitrogens with zero attached hydrogens (tertiary/aromatic N) is 1. The van der Waals surface area contributed by atoms with Crippen LogP contribution in [-0.2, 0) is 10.8 Å². The Hall–Kier alpha value is -10.0. The molecule has 0 amide bonds. The second kappa shape index (κ2) is 18.9. The highest BCUT2D eigenvalue weighted by atomic mass is 16.5. The molecule has 2 nitrogen and oxygen atoms in total. The third-order valence-electron chi connectivity index (χ3n) is 17.2. The second-order valence-corrected chi connectivity index (χ2v) is 22.0. The normalized spacial score (nSPS) is 13.4. The van der Waals surface area contributed by atoms with Crippen LogP contribution in [0.1, 0.15) is 47.2 Å². The van der Waals surface area contributed by atoms with Crippen LogP contribution < -0.4 is 9.64 Å². The fraction of sp³-hybridized carbons (Fsp3) is 0.0513. The van der Waals surface area contributed by atoms with E-state index in [-0.39, 0.29) is 5.41 Å². The van der Waals surface area contributed by atoms with Crippen molar-refractivity contribution in [2.24, 2.45) is 0 Å². The van der Waals surface area contributed by atoms with Crippen LogP contribution in [0.15, 0.2) is 297 Å². The van der Waals surface area contributed by atoms with Crippen LogP contribution in [0, 0.1) is 0 Å². The van der Waals surface area contributed by atoms with Gasteiger partial charge in [0.05, 0.1) is 5.41 Å². The number of para-hydroxylation sites is 1. The average molecular weight is 1020 g/mol. The zero-order valence-corrected chi connectivity index (χ0v) is 44.6. The summed E-state index contributed by atoms with van der Waals surface area (Å²) in [6.07, 6.45) is 0. The molecule has 0 N–H and O–H groups in total. The molecule has 0 aromatic heterocycles. The van der Waals surface area contributed by atoms with E-state index in [9.17, 15) is 0 Å². The van der Waals surface area contributed by atoms with E-state index in [1.54, 1.807) is 0 Å². The fourth-order valence-electron chi connectivity index (χ4n) is 13.2.